The molecule has 0 radical (unpaired) electrons. The van der Waals surface area contributed by atoms with Gasteiger partial charge in [-0.25, -0.2) is 0 Å². The summed E-state index contributed by atoms with van der Waals surface area (Å²) in [6.45, 7) is 2.21. The van der Waals surface area contributed by atoms with E-state index >= 15 is 0 Å². The van der Waals surface area contributed by atoms with Crippen molar-refractivity contribution in [2.24, 2.45) is 11.8 Å². The van der Waals surface area contributed by atoms with Crippen LogP contribution in [-0.4, -0.2) is 5.12 Å². The number of rotatable bonds is 1. The van der Waals surface area contributed by atoms with E-state index in [1.807, 2.05) is 0 Å². The zero-order valence-electron chi connectivity index (χ0n) is 6.34. The predicted molar refractivity (Wildman–Crippen MR) is 45.1 cm³/mol. The van der Waals surface area contributed by atoms with Crippen molar-refractivity contribution >= 4 is 17.7 Å². The normalized spacial score (nSPS) is 33.8. The average molecular weight is 158 g/mol. The lowest BCUT2D eigenvalue weighted by Gasteiger charge is -2.23. The molecule has 0 spiro atoms. The molecule has 1 rings (SSSR count). The highest BCUT2D eigenvalue weighted by atomic mass is 32.1. The fourth-order valence-corrected chi connectivity index (χ4v) is 1.89. The lowest BCUT2D eigenvalue weighted by atomic mass is 9.83. The average Bonchev–Trinajstić information content (AvgIpc) is 1.88. The smallest absolute Gasteiger partial charge is 0.189 e. The Morgan fingerprint density at radius 1 is 1.50 bits per heavy atom. The molecular formula is C8H14OS. The first-order valence-corrected chi connectivity index (χ1v) is 4.37. The molecule has 0 amide bonds. The predicted octanol–water partition coefficient (Wildman–Crippen LogP) is 2.27. The van der Waals surface area contributed by atoms with Gasteiger partial charge in [0, 0.05) is 5.92 Å². The summed E-state index contributed by atoms with van der Waals surface area (Å²) in [5.41, 5.74) is 0. The van der Waals surface area contributed by atoms with Gasteiger partial charge in [-0.3, -0.25) is 4.79 Å². The van der Waals surface area contributed by atoms with Crippen LogP contribution >= 0.6 is 12.6 Å². The van der Waals surface area contributed by atoms with Crippen LogP contribution in [0.4, 0.5) is 0 Å². The molecule has 0 aromatic carbocycles. The first kappa shape index (κ1) is 8.12. The van der Waals surface area contributed by atoms with Gasteiger partial charge in [-0.1, -0.05) is 19.8 Å². The molecule has 10 heavy (non-hydrogen) atoms. The van der Waals surface area contributed by atoms with Crippen LogP contribution in [0.15, 0.2) is 0 Å². The Morgan fingerprint density at radius 2 is 2.20 bits per heavy atom. The largest absolute Gasteiger partial charge is 0.287 e. The molecular weight excluding hydrogens is 144 g/mol. The Kier molecular flexibility index (Phi) is 2.78. The summed E-state index contributed by atoms with van der Waals surface area (Å²) in [6, 6.07) is 0. The molecule has 58 valence electrons. The van der Waals surface area contributed by atoms with Crippen molar-refractivity contribution < 1.29 is 4.79 Å². The molecule has 2 unspecified atom stereocenters. The minimum absolute atomic E-state index is 0.0894. The topological polar surface area (TPSA) is 17.1 Å². The van der Waals surface area contributed by atoms with Crippen LogP contribution in [0.2, 0.25) is 0 Å². The lowest BCUT2D eigenvalue weighted by Crippen LogP contribution is -2.17. The van der Waals surface area contributed by atoms with E-state index in [1.165, 1.54) is 12.8 Å². The minimum Gasteiger partial charge on any atom is -0.287 e. The molecule has 1 nitrogen and oxygen atoms in total. The monoisotopic (exact) mass is 158 g/mol. The minimum atomic E-state index is 0.0894. The molecule has 0 N–H and O–H groups in total. The van der Waals surface area contributed by atoms with Gasteiger partial charge in [0.1, 0.15) is 0 Å². The zero-order valence-corrected chi connectivity index (χ0v) is 7.23. The number of carbonyl (C=O) groups is 1. The van der Waals surface area contributed by atoms with Crippen molar-refractivity contribution in [3.8, 4) is 0 Å². The third-order valence-corrected chi connectivity index (χ3v) is 2.65. The summed E-state index contributed by atoms with van der Waals surface area (Å²) >= 11 is 3.84. The lowest BCUT2D eigenvalue weighted by molar-refractivity contribution is -0.115. The van der Waals surface area contributed by atoms with Gasteiger partial charge in [0.15, 0.2) is 5.12 Å². The van der Waals surface area contributed by atoms with E-state index in [2.05, 4.69) is 19.6 Å². The van der Waals surface area contributed by atoms with Gasteiger partial charge < -0.3 is 0 Å². The van der Waals surface area contributed by atoms with Crippen LogP contribution in [0, 0.1) is 11.8 Å². The van der Waals surface area contributed by atoms with Gasteiger partial charge in [-0.2, -0.15) is 0 Å². The molecule has 0 aromatic heterocycles. The first-order valence-electron chi connectivity index (χ1n) is 3.93. The Hall–Kier alpha value is 0.0200. The quantitative estimate of drug-likeness (QED) is 0.579. The Balaban J connectivity index is 2.39. The maximum Gasteiger partial charge on any atom is 0.189 e. The van der Waals surface area contributed by atoms with Gasteiger partial charge in [0.2, 0.25) is 0 Å². The van der Waals surface area contributed by atoms with Gasteiger partial charge in [0.05, 0.1) is 0 Å². The second-order valence-electron chi connectivity index (χ2n) is 3.31. The van der Waals surface area contributed by atoms with Crippen LogP contribution in [0.1, 0.15) is 32.6 Å². The SMILES string of the molecule is CC1CCCC(C(=O)S)C1. The third-order valence-electron chi connectivity index (χ3n) is 2.29. The number of hydrogen-bond acceptors (Lipinski definition) is 1. The second-order valence-corrected chi connectivity index (χ2v) is 3.75. The van der Waals surface area contributed by atoms with Crippen molar-refractivity contribution in [3.63, 3.8) is 0 Å². The molecule has 1 fully saturated rings. The van der Waals surface area contributed by atoms with E-state index in [0.29, 0.717) is 0 Å². The van der Waals surface area contributed by atoms with E-state index in [1.54, 1.807) is 0 Å². The molecule has 1 aliphatic carbocycles. The van der Waals surface area contributed by atoms with E-state index < -0.39 is 0 Å². The summed E-state index contributed by atoms with van der Waals surface area (Å²) < 4.78 is 0. The van der Waals surface area contributed by atoms with Crippen molar-refractivity contribution in [2.45, 2.75) is 32.6 Å². The van der Waals surface area contributed by atoms with Crippen LogP contribution in [-0.2, 0) is 4.79 Å². The molecule has 2 heteroatoms. The molecule has 0 bridgehead atoms. The van der Waals surface area contributed by atoms with E-state index in [0.717, 1.165) is 18.8 Å². The fraction of sp³-hybridized carbons (Fsp3) is 0.875. The Bertz CT molecular complexity index is 133. The van der Waals surface area contributed by atoms with Gasteiger partial charge in [-0.15, -0.1) is 12.6 Å². The summed E-state index contributed by atoms with van der Waals surface area (Å²) in [5.74, 6) is 0.988. The number of carbonyl (C=O) groups excluding carboxylic acids is 1. The van der Waals surface area contributed by atoms with Crippen LogP contribution in [0.5, 0.6) is 0 Å². The number of thiol groups is 1. The Labute approximate surface area is 67.6 Å². The maximum atomic E-state index is 10.8. The Morgan fingerprint density at radius 3 is 2.60 bits per heavy atom. The summed E-state index contributed by atoms with van der Waals surface area (Å²) in [4.78, 5) is 10.8. The standard InChI is InChI=1S/C8H14OS/c1-6-3-2-4-7(5-6)8(9)10/h6-7H,2-5H2,1H3,(H,9,10). The third kappa shape index (κ3) is 2.01. The van der Waals surface area contributed by atoms with Gasteiger partial charge in [-0.05, 0) is 18.8 Å². The van der Waals surface area contributed by atoms with E-state index in [-0.39, 0.29) is 11.0 Å². The van der Waals surface area contributed by atoms with E-state index in [4.69, 9.17) is 0 Å². The summed E-state index contributed by atoms with van der Waals surface area (Å²) in [6.07, 6.45) is 4.62. The van der Waals surface area contributed by atoms with Crippen LogP contribution in [0.3, 0.4) is 0 Å². The molecule has 0 aromatic rings. The highest BCUT2D eigenvalue weighted by molar-refractivity contribution is 7.96. The number of hydrogen-bond donors (Lipinski definition) is 1. The van der Waals surface area contributed by atoms with E-state index in [9.17, 15) is 4.79 Å². The van der Waals surface area contributed by atoms with Crippen molar-refractivity contribution in [2.75, 3.05) is 0 Å². The molecule has 0 aliphatic heterocycles. The van der Waals surface area contributed by atoms with Crippen molar-refractivity contribution in [3.05, 3.63) is 0 Å². The molecule has 1 saturated carbocycles. The summed E-state index contributed by atoms with van der Waals surface area (Å²) in [7, 11) is 0. The second kappa shape index (κ2) is 3.42. The fourth-order valence-electron chi connectivity index (χ4n) is 1.66. The summed E-state index contributed by atoms with van der Waals surface area (Å²) in [5, 5.41) is 0.0894. The van der Waals surface area contributed by atoms with Crippen LogP contribution in [0.25, 0.3) is 0 Å². The van der Waals surface area contributed by atoms with Gasteiger partial charge >= 0.3 is 0 Å². The maximum absolute atomic E-state index is 10.8. The van der Waals surface area contributed by atoms with Crippen LogP contribution < -0.4 is 0 Å². The molecule has 0 heterocycles. The van der Waals surface area contributed by atoms with Crippen molar-refractivity contribution in [1.82, 2.24) is 0 Å². The molecule has 2 atom stereocenters. The van der Waals surface area contributed by atoms with Gasteiger partial charge in [0.25, 0.3) is 0 Å². The van der Waals surface area contributed by atoms with Crippen molar-refractivity contribution in [1.29, 1.82) is 0 Å². The first-order chi connectivity index (χ1) is 4.70. The molecule has 0 saturated heterocycles. The highest BCUT2D eigenvalue weighted by Gasteiger charge is 2.22. The highest BCUT2D eigenvalue weighted by Crippen LogP contribution is 2.29. The zero-order chi connectivity index (χ0) is 7.56. The molecule has 1 aliphatic rings.